The normalized spacial score (nSPS) is 17.2. The summed E-state index contributed by atoms with van der Waals surface area (Å²) in [5.41, 5.74) is 0.305. The van der Waals surface area contributed by atoms with Crippen molar-refractivity contribution in [1.82, 2.24) is 0 Å². The minimum absolute atomic E-state index is 0.226. The van der Waals surface area contributed by atoms with Gasteiger partial charge in [0.15, 0.2) is 0 Å². The largest absolute Gasteiger partial charge is 0.299 e. The Labute approximate surface area is 90.5 Å². The van der Waals surface area contributed by atoms with E-state index in [9.17, 15) is 4.79 Å². The Morgan fingerprint density at radius 1 is 1.42 bits per heavy atom. The van der Waals surface area contributed by atoms with Gasteiger partial charge in [-0.05, 0) is 6.42 Å². The number of ketones is 1. The van der Waals surface area contributed by atoms with Crippen molar-refractivity contribution < 1.29 is 4.79 Å². The molecule has 1 nitrogen and oxygen atoms in total. The number of hydrogen-bond donors (Lipinski definition) is 0. The van der Waals surface area contributed by atoms with Crippen LogP contribution >= 0.6 is 22.6 Å². The first-order chi connectivity index (χ1) is 5.30. The molecule has 0 spiro atoms. The van der Waals surface area contributed by atoms with Crippen LogP contribution in [0.3, 0.4) is 0 Å². The highest BCUT2D eigenvalue weighted by molar-refractivity contribution is 14.1. The molecule has 0 radical (unpaired) electrons. The predicted molar refractivity (Wildman–Crippen MR) is 65.9 cm³/mol. The summed E-state index contributed by atoms with van der Waals surface area (Å²) in [7, 11) is -1.26. The van der Waals surface area contributed by atoms with Crippen LogP contribution in [0.4, 0.5) is 0 Å². The molecule has 3 heteroatoms. The molecule has 0 rings (SSSR count). The Hall–Kier alpha value is 0.617. The summed E-state index contributed by atoms with van der Waals surface area (Å²) >= 11 is 2.26. The standard InChI is InChI=1S/C9H19IOSi/c1-6-8(10)9(11)7(2)12(3,4)5/h7-8H,6H2,1-5H3/t7-,8-/m1/s1. The van der Waals surface area contributed by atoms with Crippen molar-refractivity contribution in [3.05, 3.63) is 0 Å². The maximum Gasteiger partial charge on any atom is 0.145 e. The van der Waals surface area contributed by atoms with E-state index >= 15 is 0 Å². The molecule has 0 aromatic carbocycles. The fourth-order valence-corrected chi connectivity index (χ4v) is 2.83. The number of Topliss-reactive ketones (excluding diaryl/α,β-unsaturated/α-hetero) is 1. The molecule has 0 aliphatic rings. The van der Waals surface area contributed by atoms with E-state index in [2.05, 4.69) is 56.1 Å². The monoisotopic (exact) mass is 298 g/mol. The number of halogens is 1. The van der Waals surface area contributed by atoms with E-state index in [4.69, 9.17) is 0 Å². The Bertz CT molecular complexity index is 162. The molecule has 0 saturated carbocycles. The van der Waals surface area contributed by atoms with E-state index in [1.165, 1.54) is 0 Å². The number of carbonyl (C=O) groups excluding carboxylic acids is 1. The van der Waals surface area contributed by atoms with E-state index in [1.807, 2.05) is 0 Å². The van der Waals surface area contributed by atoms with Crippen molar-refractivity contribution in [2.24, 2.45) is 0 Å². The van der Waals surface area contributed by atoms with Crippen molar-refractivity contribution in [2.75, 3.05) is 0 Å². The zero-order chi connectivity index (χ0) is 9.94. The van der Waals surface area contributed by atoms with Crippen LogP contribution in [0, 0.1) is 0 Å². The zero-order valence-corrected chi connectivity index (χ0v) is 11.8. The Balaban J connectivity index is 4.30. The van der Waals surface area contributed by atoms with Crippen LogP contribution in [-0.2, 0) is 4.79 Å². The third-order valence-corrected chi connectivity index (χ3v) is 6.77. The lowest BCUT2D eigenvalue weighted by Gasteiger charge is -2.25. The fourth-order valence-electron chi connectivity index (χ4n) is 0.899. The Morgan fingerprint density at radius 3 is 2.08 bits per heavy atom. The first kappa shape index (κ1) is 12.6. The van der Waals surface area contributed by atoms with E-state index in [1.54, 1.807) is 0 Å². The van der Waals surface area contributed by atoms with E-state index in [0.717, 1.165) is 6.42 Å². The van der Waals surface area contributed by atoms with Gasteiger partial charge in [-0.15, -0.1) is 0 Å². The molecule has 0 N–H and O–H groups in total. The maximum absolute atomic E-state index is 11.7. The molecule has 0 saturated heterocycles. The van der Waals surface area contributed by atoms with Gasteiger partial charge in [-0.3, -0.25) is 4.79 Å². The van der Waals surface area contributed by atoms with Crippen LogP contribution in [0.15, 0.2) is 0 Å². The van der Waals surface area contributed by atoms with Crippen LogP contribution in [0.25, 0.3) is 0 Å². The van der Waals surface area contributed by atoms with Gasteiger partial charge in [0.05, 0.1) is 12.0 Å². The van der Waals surface area contributed by atoms with Gasteiger partial charge in [-0.25, -0.2) is 0 Å². The van der Waals surface area contributed by atoms with Crippen LogP contribution < -0.4 is 0 Å². The maximum atomic E-state index is 11.7. The number of alkyl halides is 1. The van der Waals surface area contributed by atoms with Gasteiger partial charge in [0.2, 0.25) is 0 Å². The highest BCUT2D eigenvalue weighted by Gasteiger charge is 2.31. The third-order valence-electron chi connectivity index (χ3n) is 2.39. The summed E-state index contributed by atoms with van der Waals surface area (Å²) in [5.74, 6) is 0.456. The molecule has 0 bridgehead atoms. The van der Waals surface area contributed by atoms with Crippen molar-refractivity contribution >= 4 is 36.4 Å². The molecule has 0 aliphatic carbocycles. The fraction of sp³-hybridized carbons (Fsp3) is 0.889. The third kappa shape index (κ3) is 3.56. The van der Waals surface area contributed by atoms with E-state index in [-0.39, 0.29) is 3.92 Å². The van der Waals surface area contributed by atoms with Crippen LogP contribution in [0.5, 0.6) is 0 Å². The number of carbonyl (C=O) groups is 1. The number of hydrogen-bond acceptors (Lipinski definition) is 1. The first-order valence-electron chi connectivity index (χ1n) is 4.48. The summed E-state index contributed by atoms with van der Waals surface area (Å²) in [6.07, 6.45) is 0.966. The molecule has 2 atom stereocenters. The lowest BCUT2D eigenvalue weighted by Crippen LogP contribution is -2.35. The van der Waals surface area contributed by atoms with Crippen molar-refractivity contribution in [3.8, 4) is 0 Å². The summed E-state index contributed by atoms with van der Waals surface area (Å²) in [6, 6.07) is 0. The molecule has 0 aromatic heterocycles. The van der Waals surface area contributed by atoms with Gasteiger partial charge in [-0.2, -0.15) is 0 Å². The van der Waals surface area contributed by atoms with Crippen molar-refractivity contribution in [3.63, 3.8) is 0 Å². The molecule has 12 heavy (non-hydrogen) atoms. The summed E-state index contributed by atoms with van der Waals surface area (Å²) in [6.45, 7) is 10.9. The number of rotatable bonds is 4. The Morgan fingerprint density at radius 2 is 1.83 bits per heavy atom. The lowest BCUT2D eigenvalue weighted by atomic mass is 10.2. The minimum atomic E-state index is -1.26. The van der Waals surface area contributed by atoms with Crippen LogP contribution in [0.1, 0.15) is 20.3 Å². The van der Waals surface area contributed by atoms with Gasteiger partial charge in [0.1, 0.15) is 5.78 Å². The summed E-state index contributed by atoms with van der Waals surface area (Å²) < 4.78 is 0.226. The smallest absolute Gasteiger partial charge is 0.145 e. The predicted octanol–water partition coefficient (Wildman–Crippen LogP) is 3.50. The second-order valence-corrected chi connectivity index (χ2v) is 11.5. The molecule has 0 unspecified atom stereocenters. The molecule has 0 heterocycles. The van der Waals surface area contributed by atoms with Gasteiger partial charge in [0, 0.05) is 5.54 Å². The van der Waals surface area contributed by atoms with Crippen LogP contribution in [0.2, 0.25) is 25.2 Å². The second-order valence-electron chi connectivity index (χ2n) is 4.37. The molecular weight excluding hydrogens is 279 g/mol. The van der Waals surface area contributed by atoms with Crippen molar-refractivity contribution in [1.29, 1.82) is 0 Å². The molecular formula is C9H19IOSi. The van der Waals surface area contributed by atoms with Gasteiger partial charge < -0.3 is 0 Å². The molecule has 72 valence electrons. The summed E-state index contributed by atoms with van der Waals surface area (Å²) in [4.78, 5) is 11.7. The van der Waals surface area contributed by atoms with Gasteiger partial charge in [0.25, 0.3) is 0 Å². The second kappa shape index (κ2) is 4.74. The quantitative estimate of drug-likeness (QED) is 0.441. The Kier molecular flexibility index (Phi) is 4.99. The SMILES string of the molecule is CC[C@@H](I)C(=O)[C@@H](C)[Si](C)(C)C. The van der Waals surface area contributed by atoms with Gasteiger partial charge >= 0.3 is 0 Å². The first-order valence-corrected chi connectivity index (χ1v) is 9.30. The van der Waals surface area contributed by atoms with E-state index in [0.29, 0.717) is 11.3 Å². The molecule has 0 aromatic rings. The van der Waals surface area contributed by atoms with Crippen LogP contribution in [-0.4, -0.2) is 17.8 Å². The van der Waals surface area contributed by atoms with E-state index < -0.39 is 8.07 Å². The average molecular weight is 298 g/mol. The summed E-state index contributed by atoms with van der Waals surface area (Å²) in [5, 5.41) is 0. The minimum Gasteiger partial charge on any atom is -0.299 e. The topological polar surface area (TPSA) is 17.1 Å². The van der Waals surface area contributed by atoms with Gasteiger partial charge in [-0.1, -0.05) is 56.1 Å². The highest BCUT2D eigenvalue weighted by atomic mass is 127. The highest BCUT2D eigenvalue weighted by Crippen LogP contribution is 2.26. The molecule has 0 fully saturated rings. The van der Waals surface area contributed by atoms with Crippen molar-refractivity contribution in [2.45, 2.75) is 49.4 Å². The molecule has 0 aliphatic heterocycles. The molecule has 0 amide bonds. The zero-order valence-electron chi connectivity index (χ0n) is 8.65. The lowest BCUT2D eigenvalue weighted by molar-refractivity contribution is -0.118. The average Bonchev–Trinajstić information content (AvgIpc) is 1.98.